The van der Waals surface area contributed by atoms with Crippen molar-refractivity contribution in [2.24, 2.45) is 0 Å². The van der Waals surface area contributed by atoms with Crippen molar-refractivity contribution in [2.75, 3.05) is 0 Å². The molecule has 0 radical (unpaired) electrons. The van der Waals surface area contributed by atoms with Crippen molar-refractivity contribution in [3.63, 3.8) is 0 Å². The van der Waals surface area contributed by atoms with Crippen LogP contribution in [0.15, 0.2) is 36.4 Å². The van der Waals surface area contributed by atoms with Gasteiger partial charge in [-0.25, -0.2) is 0 Å². The second-order valence-corrected chi connectivity index (χ2v) is 5.90. The summed E-state index contributed by atoms with van der Waals surface area (Å²) < 4.78 is 0. The van der Waals surface area contributed by atoms with Gasteiger partial charge in [-0.2, -0.15) is 0 Å². The molecular formula is C19H23Cl. The molecule has 2 aromatic rings. The molecule has 2 rings (SSSR count). The van der Waals surface area contributed by atoms with Gasteiger partial charge >= 0.3 is 0 Å². The quantitative estimate of drug-likeness (QED) is 0.627. The molecule has 0 aliphatic carbocycles. The van der Waals surface area contributed by atoms with Crippen LogP contribution in [0.1, 0.15) is 52.6 Å². The molecule has 0 amide bonds. The minimum Gasteiger partial charge on any atom is -0.113 e. The molecule has 2 aromatic carbocycles. The Morgan fingerprint density at radius 3 is 2.25 bits per heavy atom. The predicted molar refractivity (Wildman–Crippen MR) is 88.8 cm³/mol. The average molecular weight is 287 g/mol. The van der Waals surface area contributed by atoms with Gasteiger partial charge in [0, 0.05) is 0 Å². The number of benzene rings is 2. The Morgan fingerprint density at radius 1 is 0.900 bits per heavy atom. The van der Waals surface area contributed by atoms with E-state index in [0.717, 1.165) is 12.8 Å². The highest BCUT2D eigenvalue weighted by Gasteiger charge is 2.16. The lowest BCUT2D eigenvalue weighted by molar-refractivity contribution is 1.01. The SMILES string of the molecule is CCc1ccc(CC)c(C(Cl)c2ccc(C)cc2C)c1. The summed E-state index contributed by atoms with van der Waals surface area (Å²) in [5.74, 6) is 0. The highest BCUT2D eigenvalue weighted by atomic mass is 35.5. The lowest BCUT2D eigenvalue weighted by Crippen LogP contribution is -2.02. The van der Waals surface area contributed by atoms with Crippen molar-refractivity contribution >= 4 is 11.6 Å². The van der Waals surface area contributed by atoms with Gasteiger partial charge in [0.15, 0.2) is 0 Å². The van der Waals surface area contributed by atoms with Gasteiger partial charge in [0.05, 0.1) is 5.38 Å². The largest absolute Gasteiger partial charge is 0.113 e. The zero-order valence-corrected chi connectivity index (χ0v) is 13.6. The Labute approximate surface area is 127 Å². The van der Waals surface area contributed by atoms with E-state index in [1.165, 1.54) is 33.4 Å². The van der Waals surface area contributed by atoms with Gasteiger partial charge in [-0.05, 0) is 54.5 Å². The van der Waals surface area contributed by atoms with Crippen LogP contribution >= 0.6 is 11.6 Å². The third kappa shape index (κ3) is 3.07. The zero-order chi connectivity index (χ0) is 14.7. The molecule has 20 heavy (non-hydrogen) atoms. The molecule has 0 nitrogen and oxygen atoms in total. The summed E-state index contributed by atoms with van der Waals surface area (Å²) in [5.41, 5.74) is 7.75. The van der Waals surface area contributed by atoms with E-state index in [0.29, 0.717) is 0 Å². The standard InChI is InChI=1S/C19H23Cl/c1-5-15-8-9-16(6-2)18(12-15)19(20)17-10-7-13(3)11-14(17)4/h7-12,19H,5-6H2,1-4H3. The maximum absolute atomic E-state index is 6.80. The summed E-state index contributed by atoms with van der Waals surface area (Å²) in [7, 11) is 0. The van der Waals surface area contributed by atoms with E-state index in [1.54, 1.807) is 0 Å². The van der Waals surface area contributed by atoms with E-state index in [9.17, 15) is 0 Å². The lowest BCUT2D eigenvalue weighted by Gasteiger charge is -2.18. The van der Waals surface area contributed by atoms with E-state index in [1.807, 2.05) is 0 Å². The smallest absolute Gasteiger partial charge is 0.0840 e. The molecule has 0 saturated heterocycles. The summed E-state index contributed by atoms with van der Waals surface area (Å²) >= 11 is 6.80. The van der Waals surface area contributed by atoms with Crippen molar-refractivity contribution in [1.82, 2.24) is 0 Å². The second-order valence-electron chi connectivity index (χ2n) is 5.46. The lowest BCUT2D eigenvalue weighted by atomic mass is 9.92. The summed E-state index contributed by atoms with van der Waals surface area (Å²) in [6.45, 7) is 8.64. The van der Waals surface area contributed by atoms with Gasteiger partial charge in [0.1, 0.15) is 0 Å². The van der Waals surface area contributed by atoms with E-state index in [2.05, 4.69) is 64.1 Å². The van der Waals surface area contributed by atoms with Crippen LogP contribution in [0.5, 0.6) is 0 Å². The topological polar surface area (TPSA) is 0 Å². The fraction of sp³-hybridized carbons (Fsp3) is 0.368. The van der Waals surface area contributed by atoms with Crippen molar-refractivity contribution in [3.8, 4) is 0 Å². The van der Waals surface area contributed by atoms with Crippen molar-refractivity contribution in [1.29, 1.82) is 0 Å². The van der Waals surface area contributed by atoms with Crippen LogP contribution < -0.4 is 0 Å². The normalized spacial score (nSPS) is 12.4. The number of hydrogen-bond donors (Lipinski definition) is 0. The maximum atomic E-state index is 6.80. The second kappa shape index (κ2) is 6.45. The van der Waals surface area contributed by atoms with Crippen LogP contribution in [0, 0.1) is 13.8 Å². The zero-order valence-electron chi connectivity index (χ0n) is 12.8. The molecule has 1 unspecified atom stereocenters. The number of hydrogen-bond acceptors (Lipinski definition) is 0. The van der Waals surface area contributed by atoms with Crippen LogP contribution in [0.3, 0.4) is 0 Å². The highest BCUT2D eigenvalue weighted by Crippen LogP contribution is 2.34. The van der Waals surface area contributed by atoms with Crippen molar-refractivity contribution < 1.29 is 0 Å². The van der Waals surface area contributed by atoms with Crippen LogP contribution in [-0.4, -0.2) is 0 Å². The van der Waals surface area contributed by atoms with Crippen LogP contribution in [0.2, 0.25) is 0 Å². The molecule has 0 heterocycles. The molecule has 0 aliphatic heterocycles. The van der Waals surface area contributed by atoms with Crippen molar-refractivity contribution in [3.05, 3.63) is 69.8 Å². The summed E-state index contributed by atoms with van der Waals surface area (Å²) in [4.78, 5) is 0. The molecular weight excluding hydrogens is 264 g/mol. The summed E-state index contributed by atoms with van der Waals surface area (Å²) in [6, 6.07) is 13.2. The molecule has 0 spiro atoms. The first-order valence-corrected chi connectivity index (χ1v) is 7.83. The first-order valence-electron chi connectivity index (χ1n) is 7.39. The van der Waals surface area contributed by atoms with Gasteiger partial charge in [-0.3, -0.25) is 0 Å². The number of halogens is 1. The Balaban J connectivity index is 2.48. The van der Waals surface area contributed by atoms with Gasteiger partial charge in [-0.15, -0.1) is 11.6 Å². The van der Waals surface area contributed by atoms with Gasteiger partial charge in [-0.1, -0.05) is 55.8 Å². The van der Waals surface area contributed by atoms with Crippen LogP contribution in [0.4, 0.5) is 0 Å². The monoisotopic (exact) mass is 286 g/mol. The number of rotatable bonds is 4. The van der Waals surface area contributed by atoms with E-state index in [4.69, 9.17) is 11.6 Å². The molecule has 0 saturated carbocycles. The van der Waals surface area contributed by atoms with Gasteiger partial charge < -0.3 is 0 Å². The molecule has 0 aliphatic rings. The highest BCUT2D eigenvalue weighted by molar-refractivity contribution is 6.22. The third-order valence-corrected chi connectivity index (χ3v) is 4.44. The predicted octanol–water partition coefficient (Wildman–Crippen LogP) is 5.76. The van der Waals surface area contributed by atoms with E-state index < -0.39 is 0 Å². The third-order valence-electron chi connectivity index (χ3n) is 3.97. The number of alkyl halides is 1. The molecule has 106 valence electrons. The molecule has 0 N–H and O–H groups in total. The van der Waals surface area contributed by atoms with Crippen LogP contribution in [-0.2, 0) is 12.8 Å². The van der Waals surface area contributed by atoms with Gasteiger partial charge in [0.2, 0.25) is 0 Å². The summed E-state index contributed by atoms with van der Waals surface area (Å²) in [5, 5.41) is -0.0583. The van der Waals surface area contributed by atoms with Gasteiger partial charge in [0.25, 0.3) is 0 Å². The number of aryl methyl sites for hydroxylation is 4. The fourth-order valence-electron chi connectivity index (χ4n) is 2.70. The molecule has 0 bridgehead atoms. The Morgan fingerprint density at radius 2 is 1.65 bits per heavy atom. The Kier molecular flexibility index (Phi) is 4.88. The van der Waals surface area contributed by atoms with E-state index >= 15 is 0 Å². The first kappa shape index (κ1) is 15.1. The molecule has 0 fully saturated rings. The van der Waals surface area contributed by atoms with E-state index in [-0.39, 0.29) is 5.38 Å². The average Bonchev–Trinajstić information content (AvgIpc) is 2.46. The summed E-state index contributed by atoms with van der Waals surface area (Å²) in [6.07, 6.45) is 2.07. The van der Waals surface area contributed by atoms with Crippen molar-refractivity contribution in [2.45, 2.75) is 45.9 Å². The minimum absolute atomic E-state index is 0.0583. The maximum Gasteiger partial charge on any atom is 0.0840 e. The van der Waals surface area contributed by atoms with Crippen LogP contribution in [0.25, 0.3) is 0 Å². The molecule has 0 aromatic heterocycles. The Hall–Kier alpha value is -1.27. The minimum atomic E-state index is -0.0583. The Bertz CT molecular complexity index is 599. The molecule has 1 heteroatoms. The molecule has 1 atom stereocenters. The fourth-order valence-corrected chi connectivity index (χ4v) is 3.15. The first-order chi connectivity index (χ1) is 9.56.